The van der Waals surface area contributed by atoms with Gasteiger partial charge in [0.15, 0.2) is 12.6 Å². The van der Waals surface area contributed by atoms with Gasteiger partial charge in [0.25, 0.3) is 0 Å². The monoisotopic (exact) mass is 562 g/mol. The molecule has 0 spiro atoms. The van der Waals surface area contributed by atoms with E-state index in [1.54, 1.807) is 0 Å². The molecule has 1 aliphatic carbocycles. The topological polar surface area (TPSA) is 83.5 Å². The lowest BCUT2D eigenvalue weighted by Gasteiger charge is -2.31. The van der Waals surface area contributed by atoms with Crippen LogP contribution in [0.5, 0.6) is 0 Å². The lowest BCUT2D eigenvalue weighted by Crippen LogP contribution is -2.32. The summed E-state index contributed by atoms with van der Waals surface area (Å²) in [5.41, 5.74) is 1.31. The number of hydrogen-bond acceptors (Lipinski definition) is 7. The summed E-state index contributed by atoms with van der Waals surface area (Å²) < 4.78 is 29.6. The first-order chi connectivity index (χ1) is 19.4. The number of unbranched alkanes of at least 4 members (excludes halogenated alkanes) is 1. The van der Waals surface area contributed by atoms with Gasteiger partial charge in [0.1, 0.15) is 0 Å². The van der Waals surface area contributed by atoms with Crippen molar-refractivity contribution in [3.05, 3.63) is 36.0 Å². The maximum atomic E-state index is 11.4. The molecule has 0 aromatic rings. The second-order valence-electron chi connectivity index (χ2n) is 12.0. The number of carbonyl (C=O) groups excluding carboxylic acids is 1. The number of methoxy groups -OCH3 is 1. The Morgan fingerprint density at radius 1 is 1.05 bits per heavy atom. The lowest BCUT2D eigenvalue weighted by molar-refractivity contribution is -0.193. The summed E-state index contributed by atoms with van der Waals surface area (Å²) in [6.07, 6.45) is 20.5. The molecule has 3 aliphatic rings. The minimum atomic E-state index is -0.452. The summed E-state index contributed by atoms with van der Waals surface area (Å²) in [6.45, 7) is 7.98. The summed E-state index contributed by atoms with van der Waals surface area (Å²) in [4.78, 5) is 11.4. The molecule has 3 rings (SSSR count). The Kier molecular flexibility index (Phi) is 14.9. The number of hydrogen-bond donors (Lipinski definition) is 1. The Morgan fingerprint density at radius 3 is 2.42 bits per heavy atom. The molecule has 40 heavy (non-hydrogen) atoms. The molecule has 1 N–H and O–H groups in total. The average Bonchev–Trinajstić information content (AvgIpc) is 3.25. The van der Waals surface area contributed by atoms with Crippen LogP contribution < -0.4 is 0 Å². The SMILES string of the molecule is COC(=O)CCCC=CC[C@@H]1[C@@H](C=C[C@H](OC2CCCCO2)C(C)CC=C(C)C)[C@H](OC2CCCCO2)C[C@H]1O. The fourth-order valence-corrected chi connectivity index (χ4v) is 5.84. The smallest absolute Gasteiger partial charge is 0.305 e. The highest BCUT2D eigenvalue weighted by molar-refractivity contribution is 5.69. The van der Waals surface area contributed by atoms with Gasteiger partial charge >= 0.3 is 5.97 Å². The molecule has 0 bridgehead atoms. The zero-order valence-electron chi connectivity index (χ0n) is 25.3. The maximum absolute atomic E-state index is 11.4. The van der Waals surface area contributed by atoms with Gasteiger partial charge in [-0.05, 0) is 89.9 Å². The van der Waals surface area contributed by atoms with E-state index in [4.69, 9.17) is 23.7 Å². The first-order valence-corrected chi connectivity index (χ1v) is 15.6. The van der Waals surface area contributed by atoms with E-state index in [0.29, 0.717) is 12.8 Å². The fourth-order valence-electron chi connectivity index (χ4n) is 5.84. The van der Waals surface area contributed by atoms with Crippen LogP contribution in [-0.4, -0.2) is 62.3 Å². The van der Waals surface area contributed by atoms with Crippen LogP contribution in [0.3, 0.4) is 0 Å². The zero-order valence-corrected chi connectivity index (χ0v) is 25.3. The van der Waals surface area contributed by atoms with E-state index < -0.39 is 6.10 Å². The van der Waals surface area contributed by atoms with Gasteiger partial charge in [-0.15, -0.1) is 0 Å². The number of allylic oxidation sites excluding steroid dienone is 4. The van der Waals surface area contributed by atoms with Gasteiger partial charge in [-0.25, -0.2) is 0 Å². The molecular formula is C33H54O7. The predicted molar refractivity (Wildman–Crippen MR) is 157 cm³/mol. The van der Waals surface area contributed by atoms with Gasteiger partial charge in [0.2, 0.25) is 0 Å². The Bertz CT molecular complexity index is 806. The van der Waals surface area contributed by atoms with E-state index in [9.17, 15) is 9.90 Å². The number of ether oxygens (including phenoxy) is 5. The second-order valence-corrected chi connectivity index (χ2v) is 12.0. The van der Waals surface area contributed by atoms with Crippen LogP contribution >= 0.6 is 0 Å². The average molecular weight is 563 g/mol. The molecule has 0 aromatic heterocycles. The van der Waals surface area contributed by atoms with Gasteiger partial charge in [-0.2, -0.15) is 0 Å². The molecule has 1 saturated carbocycles. The van der Waals surface area contributed by atoms with Crippen molar-refractivity contribution >= 4 is 5.97 Å². The van der Waals surface area contributed by atoms with Gasteiger partial charge in [-0.1, -0.05) is 42.9 Å². The number of aliphatic hydroxyl groups excluding tert-OH is 1. The number of aliphatic hydroxyl groups is 1. The van der Waals surface area contributed by atoms with E-state index in [1.165, 1.54) is 12.7 Å². The lowest BCUT2D eigenvalue weighted by atomic mass is 9.88. The molecule has 0 aromatic carbocycles. The number of esters is 1. The molecule has 7 heteroatoms. The third-order valence-electron chi connectivity index (χ3n) is 8.34. The van der Waals surface area contributed by atoms with Crippen molar-refractivity contribution < 1.29 is 33.6 Å². The van der Waals surface area contributed by atoms with Gasteiger partial charge in [0, 0.05) is 32.0 Å². The fraction of sp³-hybridized carbons (Fsp3) is 0.788. The minimum Gasteiger partial charge on any atom is -0.469 e. The van der Waals surface area contributed by atoms with Crippen LogP contribution in [0.25, 0.3) is 0 Å². The molecular weight excluding hydrogens is 508 g/mol. The van der Waals surface area contributed by atoms with Crippen molar-refractivity contribution in [1.29, 1.82) is 0 Å². The van der Waals surface area contributed by atoms with Crippen molar-refractivity contribution in [2.75, 3.05) is 20.3 Å². The molecule has 2 heterocycles. The predicted octanol–water partition coefficient (Wildman–Crippen LogP) is 6.65. The van der Waals surface area contributed by atoms with Crippen LogP contribution in [0.15, 0.2) is 36.0 Å². The van der Waals surface area contributed by atoms with E-state index in [1.807, 2.05) is 0 Å². The molecule has 3 fully saturated rings. The first-order valence-electron chi connectivity index (χ1n) is 15.6. The minimum absolute atomic E-state index is 0.0429. The Hall–Kier alpha value is -1.51. The molecule has 7 nitrogen and oxygen atoms in total. The molecule has 0 radical (unpaired) electrons. The first kappa shape index (κ1) is 33.0. The number of carbonyl (C=O) groups is 1. The van der Waals surface area contributed by atoms with Crippen LogP contribution in [0, 0.1) is 17.8 Å². The van der Waals surface area contributed by atoms with Crippen molar-refractivity contribution in [3.63, 3.8) is 0 Å². The summed E-state index contributed by atoms with van der Waals surface area (Å²) >= 11 is 0. The summed E-state index contributed by atoms with van der Waals surface area (Å²) in [5, 5.41) is 11.1. The molecule has 0 amide bonds. The van der Waals surface area contributed by atoms with Crippen molar-refractivity contribution in [2.24, 2.45) is 17.8 Å². The zero-order chi connectivity index (χ0) is 28.7. The highest BCUT2D eigenvalue weighted by atomic mass is 16.7. The number of rotatable bonds is 15. The van der Waals surface area contributed by atoms with E-state index in [0.717, 1.165) is 77.4 Å². The van der Waals surface area contributed by atoms with Crippen LogP contribution in [0.2, 0.25) is 0 Å². The summed E-state index contributed by atoms with van der Waals surface area (Å²) in [6, 6.07) is 0. The normalized spacial score (nSPS) is 30.9. The summed E-state index contributed by atoms with van der Waals surface area (Å²) in [5.74, 6) is 0.205. The van der Waals surface area contributed by atoms with Crippen LogP contribution in [0.4, 0.5) is 0 Å². The quantitative estimate of drug-likeness (QED) is 0.136. The molecule has 2 saturated heterocycles. The highest BCUT2D eigenvalue weighted by Gasteiger charge is 2.42. The summed E-state index contributed by atoms with van der Waals surface area (Å²) in [7, 11) is 1.42. The van der Waals surface area contributed by atoms with Crippen molar-refractivity contribution in [3.8, 4) is 0 Å². The van der Waals surface area contributed by atoms with Crippen LogP contribution in [-0.2, 0) is 28.5 Å². The molecule has 8 atom stereocenters. The van der Waals surface area contributed by atoms with Crippen LogP contribution in [0.1, 0.15) is 97.8 Å². The third-order valence-corrected chi connectivity index (χ3v) is 8.34. The Morgan fingerprint density at radius 2 is 1.77 bits per heavy atom. The Balaban J connectivity index is 1.72. The van der Waals surface area contributed by atoms with Gasteiger partial charge < -0.3 is 28.8 Å². The van der Waals surface area contributed by atoms with Crippen molar-refractivity contribution in [1.82, 2.24) is 0 Å². The van der Waals surface area contributed by atoms with E-state index in [-0.39, 0.29) is 48.5 Å². The maximum Gasteiger partial charge on any atom is 0.305 e. The molecule has 3 unspecified atom stereocenters. The Labute approximate surface area is 242 Å². The van der Waals surface area contributed by atoms with Crippen molar-refractivity contribution in [2.45, 2.75) is 129 Å². The highest BCUT2D eigenvalue weighted by Crippen LogP contribution is 2.40. The second kappa shape index (κ2) is 18.1. The van der Waals surface area contributed by atoms with Gasteiger partial charge in [-0.3, -0.25) is 4.79 Å². The third kappa shape index (κ3) is 11.4. The van der Waals surface area contributed by atoms with Gasteiger partial charge in [0.05, 0.1) is 25.4 Å². The molecule has 2 aliphatic heterocycles. The standard InChI is InChI=1S/C33H54O7/c1-24(2)17-18-25(3)29(39-32-15-9-11-21-37-32)20-19-27-26(13-7-5-6-8-14-31(35)36-4)28(34)23-30(27)40-33-16-10-12-22-38-33/h5,7,17,19-20,25-30,32-34H,6,8-16,18,21-23H2,1-4H3/t25?,26-,27-,28-,29+,30-,32?,33?/m1/s1. The molecule has 228 valence electrons. The largest absolute Gasteiger partial charge is 0.469 e. The van der Waals surface area contributed by atoms with E-state index in [2.05, 4.69) is 51.2 Å². The van der Waals surface area contributed by atoms with E-state index >= 15 is 0 Å².